The summed E-state index contributed by atoms with van der Waals surface area (Å²) >= 11 is 5.87. The minimum Gasteiger partial charge on any atom is -0.384 e. The van der Waals surface area contributed by atoms with E-state index < -0.39 is 12.0 Å². The quantitative estimate of drug-likeness (QED) is 0.943. The lowest BCUT2D eigenvalue weighted by atomic mass is 10.2. The van der Waals surface area contributed by atoms with E-state index in [4.69, 9.17) is 17.3 Å². The molecule has 2 rings (SSSR count). The molecule has 0 aliphatic rings. The van der Waals surface area contributed by atoms with Gasteiger partial charge in [-0.25, -0.2) is 9.97 Å². The van der Waals surface area contributed by atoms with E-state index >= 15 is 0 Å². The van der Waals surface area contributed by atoms with E-state index in [1.165, 1.54) is 6.07 Å². The molecule has 0 amide bonds. The Balaban J connectivity index is 2.27. The highest BCUT2D eigenvalue weighted by Crippen LogP contribution is 2.28. The van der Waals surface area contributed by atoms with Crippen molar-refractivity contribution in [2.24, 2.45) is 0 Å². The standard InChI is InChI=1S/C13H12ClF3N4/c1-21(7-8-3-2-4-9(14)5-8)11-6-10(18)19-12(20-11)13(15,16)17/h2-6H,7H2,1H3,(H2,18,19,20). The Labute approximate surface area is 124 Å². The monoisotopic (exact) mass is 316 g/mol. The van der Waals surface area contributed by atoms with Crippen LogP contribution in [0.1, 0.15) is 11.4 Å². The van der Waals surface area contributed by atoms with Gasteiger partial charge in [-0.05, 0) is 17.7 Å². The maximum Gasteiger partial charge on any atom is 0.451 e. The molecule has 112 valence electrons. The van der Waals surface area contributed by atoms with Crippen LogP contribution in [0.5, 0.6) is 0 Å². The van der Waals surface area contributed by atoms with Crippen molar-refractivity contribution in [3.63, 3.8) is 0 Å². The van der Waals surface area contributed by atoms with Crippen molar-refractivity contribution in [1.29, 1.82) is 0 Å². The number of halogens is 4. The third-order valence-corrected chi connectivity index (χ3v) is 2.92. The van der Waals surface area contributed by atoms with Crippen molar-refractivity contribution in [1.82, 2.24) is 9.97 Å². The number of benzene rings is 1. The first-order valence-corrected chi connectivity index (χ1v) is 6.31. The Bertz CT molecular complexity index is 646. The summed E-state index contributed by atoms with van der Waals surface area (Å²) in [5.74, 6) is -1.39. The summed E-state index contributed by atoms with van der Waals surface area (Å²) in [6.07, 6.45) is -4.64. The van der Waals surface area contributed by atoms with Gasteiger partial charge in [-0.3, -0.25) is 0 Å². The van der Waals surface area contributed by atoms with Gasteiger partial charge in [0.15, 0.2) is 0 Å². The number of aromatic nitrogens is 2. The first kappa shape index (κ1) is 15.4. The van der Waals surface area contributed by atoms with Crippen LogP contribution in [0, 0.1) is 0 Å². The molecule has 1 heterocycles. The van der Waals surface area contributed by atoms with Crippen LogP contribution in [0.15, 0.2) is 30.3 Å². The summed E-state index contributed by atoms with van der Waals surface area (Å²) in [5, 5.41) is 0.555. The molecule has 0 fully saturated rings. The first-order valence-electron chi connectivity index (χ1n) is 5.93. The zero-order valence-electron chi connectivity index (χ0n) is 11.0. The van der Waals surface area contributed by atoms with Gasteiger partial charge < -0.3 is 10.6 Å². The number of alkyl halides is 3. The van der Waals surface area contributed by atoms with Gasteiger partial charge in [0.25, 0.3) is 0 Å². The van der Waals surface area contributed by atoms with Gasteiger partial charge in [-0.2, -0.15) is 13.2 Å². The van der Waals surface area contributed by atoms with Crippen LogP contribution in [0.4, 0.5) is 24.8 Å². The summed E-state index contributed by atoms with van der Waals surface area (Å²) in [4.78, 5) is 8.24. The molecule has 0 bridgehead atoms. The fourth-order valence-corrected chi connectivity index (χ4v) is 1.98. The zero-order chi connectivity index (χ0) is 15.6. The van der Waals surface area contributed by atoms with E-state index in [1.807, 2.05) is 6.07 Å². The highest BCUT2D eigenvalue weighted by molar-refractivity contribution is 6.30. The molecule has 2 N–H and O–H groups in total. The first-order chi connectivity index (χ1) is 9.75. The second kappa shape index (κ2) is 5.77. The Morgan fingerprint density at radius 1 is 1.24 bits per heavy atom. The maximum atomic E-state index is 12.7. The largest absolute Gasteiger partial charge is 0.451 e. The van der Waals surface area contributed by atoms with Gasteiger partial charge in [-0.1, -0.05) is 23.7 Å². The van der Waals surface area contributed by atoms with Crippen LogP contribution in [0.3, 0.4) is 0 Å². The van der Waals surface area contributed by atoms with Crippen molar-refractivity contribution in [2.75, 3.05) is 17.7 Å². The number of nitrogen functional groups attached to an aromatic ring is 1. The van der Waals surface area contributed by atoms with Gasteiger partial charge >= 0.3 is 6.18 Å². The van der Waals surface area contributed by atoms with Crippen molar-refractivity contribution < 1.29 is 13.2 Å². The number of nitrogens with zero attached hydrogens (tertiary/aromatic N) is 3. The number of rotatable bonds is 3. The van der Waals surface area contributed by atoms with E-state index in [0.29, 0.717) is 11.6 Å². The molecule has 1 aromatic heterocycles. The lowest BCUT2D eigenvalue weighted by molar-refractivity contribution is -0.144. The van der Waals surface area contributed by atoms with Crippen LogP contribution in [0.2, 0.25) is 5.02 Å². The van der Waals surface area contributed by atoms with E-state index in [9.17, 15) is 13.2 Å². The Kier molecular flexibility index (Phi) is 4.22. The van der Waals surface area contributed by atoms with Crippen LogP contribution in [-0.2, 0) is 12.7 Å². The zero-order valence-corrected chi connectivity index (χ0v) is 11.8. The highest BCUT2D eigenvalue weighted by Gasteiger charge is 2.35. The molecule has 0 radical (unpaired) electrons. The molecule has 0 saturated carbocycles. The van der Waals surface area contributed by atoms with E-state index in [0.717, 1.165) is 5.56 Å². The highest BCUT2D eigenvalue weighted by atomic mass is 35.5. The average Bonchev–Trinajstić information content (AvgIpc) is 2.37. The molecule has 0 unspecified atom stereocenters. The lowest BCUT2D eigenvalue weighted by Gasteiger charge is -2.19. The van der Waals surface area contributed by atoms with Crippen LogP contribution >= 0.6 is 11.6 Å². The van der Waals surface area contributed by atoms with Crippen LogP contribution in [-0.4, -0.2) is 17.0 Å². The molecule has 4 nitrogen and oxygen atoms in total. The number of hydrogen-bond donors (Lipinski definition) is 1. The van der Waals surface area contributed by atoms with Crippen molar-refractivity contribution in [2.45, 2.75) is 12.7 Å². The SMILES string of the molecule is CN(Cc1cccc(Cl)c1)c1cc(N)nc(C(F)(F)F)n1. The predicted molar refractivity (Wildman–Crippen MR) is 75.0 cm³/mol. The van der Waals surface area contributed by atoms with Crippen molar-refractivity contribution in [3.8, 4) is 0 Å². The molecule has 0 atom stereocenters. The average molecular weight is 317 g/mol. The topological polar surface area (TPSA) is 55.0 Å². The Morgan fingerprint density at radius 3 is 2.57 bits per heavy atom. The molecule has 21 heavy (non-hydrogen) atoms. The van der Waals surface area contributed by atoms with Gasteiger partial charge in [0.05, 0.1) is 0 Å². The molecule has 0 spiro atoms. The molecule has 2 aromatic rings. The summed E-state index contributed by atoms with van der Waals surface area (Å²) in [7, 11) is 1.61. The second-order valence-electron chi connectivity index (χ2n) is 4.46. The molecular weight excluding hydrogens is 305 g/mol. The summed E-state index contributed by atoms with van der Waals surface area (Å²) in [5.41, 5.74) is 6.26. The third kappa shape index (κ3) is 3.98. The smallest absolute Gasteiger partial charge is 0.384 e. The third-order valence-electron chi connectivity index (χ3n) is 2.69. The minimum atomic E-state index is -4.64. The number of nitrogens with two attached hydrogens (primary N) is 1. The van der Waals surface area contributed by atoms with E-state index in [2.05, 4.69) is 9.97 Å². The molecule has 0 saturated heterocycles. The molecule has 0 aliphatic heterocycles. The number of anilines is 2. The van der Waals surface area contributed by atoms with Crippen LogP contribution < -0.4 is 10.6 Å². The maximum absolute atomic E-state index is 12.7. The fourth-order valence-electron chi connectivity index (χ4n) is 1.77. The van der Waals surface area contributed by atoms with E-state index in [1.54, 1.807) is 30.1 Å². The van der Waals surface area contributed by atoms with Gasteiger partial charge in [0, 0.05) is 24.7 Å². The van der Waals surface area contributed by atoms with E-state index in [-0.39, 0.29) is 11.6 Å². The van der Waals surface area contributed by atoms with Gasteiger partial charge in [-0.15, -0.1) is 0 Å². The second-order valence-corrected chi connectivity index (χ2v) is 4.89. The molecular formula is C13H12ClF3N4. The summed E-state index contributed by atoms with van der Waals surface area (Å²) in [6, 6.07) is 8.32. The normalized spacial score (nSPS) is 11.5. The molecule has 1 aromatic carbocycles. The minimum absolute atomic E-state index is 0.0924. The fraction of sp³-hybridized carbons (Fsp3) is 0.231. The Morgan fingerprint density at radius 2 is 1.95 bits per heavy atom. The predicted octanol–water partition coefficient (Wildman–Crippen LogP) is 3.37. The molecule has 0 aliphatic carbocycles. The summed E-state index contributed by atoms with van der Waals surface area (Å²) in [6.45, 7) is 0.342. The van der Waals surface area contributed by atoms with Gasteiger partial charge in [0.2, 0.25) is 5.82 Å². The molecule has 8 heteroatoms. The lowest BCUT2D eigenvalue weighted by Crippen LogP contribution is -2.21. The van der Waals surface area contributed by atoms with Gasteiger partial charge in [0.1, 0.15) is 11.6 Å². The Hall–Kier alpha value is -2.02. The van der Waals surface area contributed by atoms with Crippen molar-refractivity contribution >= 4 is 23.2 Å². The number of hydrogen-bond acceptors (Lipinski definition) is 4. The van der Waals surface area contributed by atoms with Crippen LogP contribution in [0.25, 0.3) is 0 Å². The van der Waals surface area contributed by atoms with Crippen molar-refractivity contribution in [3.05, 3.63) is 46.7 Å². The summed E-state index contributed by atoms with van der Waals surface area (Å²) < 4.78 is 38.0.